The Morgan fingerprint density at radius 2 is 1.79 bits per heavy atom. The van der Waals surface area contributed by atoms with Crippen molar-refractivity contribution in [1.82, 2.24) is 0 Å². The van der Waals surface area contributed by atoms with Crippen molar-refractivity contribution in [3.8, 4) is 28.4 Å². The number of allylic oxidation sites excluding steroid dienone is 1. The van der Waals surface area contributed by atoms with Crippen molar-refractivity contribution in [1.29, 1.82) is 0 Å². The Bertz CT molecular complexity index is 1110. The highest BCUT2D eigenvalue weighted by Gasteiger charge is 2.16. The van der Waals surface area contributed by atoms with E-state index in [1.54, 1.807) is 18.4 Å². The van der Waals surface area contributed by atoms with Crippen LogP contribution in [-0.4, -0.2) is 7.11 Å². The third-order valence-electron chi connectivity index (χ3n) is 4.83. The smallest absolute Gasteiger partial charge is 0.143 e. The largest absolute Gasteiger partial charge is 0.497 e. The lowest BCUT2D eigenvalue weighted by molar-refractivity contribution is 0.415. The van der Waals surface area contributed by atoms with Gasteiger partial charge in [0.15, 0.2) is 0 Å². The van der Waals surface area contributed by atoms with Crippen LogP contribution in [0.5, 0.6) is 17.2 Å². The van der Waals surface area contributed by atoms with Gasteiger partial charge in [0.1, 0.15) is 17.2 Å². The Morgan fingerprint density at radius 3 is 2.46 bits per heavy atom. The highest BCUT2D eigenvalue weighted by Crippen LogP contribution is 2.43. The van der Waals surface area contributed by atoms with Crippen LogP contribution in [0.1, 0.15) is 11.1 Å². The molecule has 1 aromatic heterocycles. The molecule has 0 amide bonds. The molecule has 0 aliphatic carbocycles. The zero-order valence-electron chi connectivity index (χ0n) is 16.1. The molecule has 1 heterocycles. The van der Waals surface area contributed by atoms with Gasteiger partial charge >= 0.3 is 0 Å². The van der Waals surface area contributed by atoms with Crippen LogP contribution in [-0.2, 0) is 6.42 Å². The number of methoxy groups -OCH3 is 1. The number of fused-ring (bicyclic) bond motifs is 1. The van der Waals surface area contributed by atoms with E-state index in [-0.39, 0.29) is 0 Å². The zero-order chi connectivity index (χ0) is 19.5. The predicted octanol–water partition coefficient (Wildman–Crippen LogP) is 7.41. The SMILES string of the molecule is C=CCc1ccc(Oc2c(-c3ccsc3)c(C)cc3cc(OC)ccc23)cc1. The molecular formula is C25H22O2S. The Balaban J connectivity index is 1.88. The highest BCUT2D eigenvalue weighted by molar-refractivity contribution is 7.08. The summed E-state index contributed by atoms with van der Waals surface area (Å²) in [5, 5.41) is 6.44. The molecule has 0 saturated heterocycles. The van der Waals surface area contributed by atoms with Gasteiger partial charge in [-0.3, -0.25) is 0 Å². The van der Waals surface area contributed by atoms with E-state index in [1.165, 1.54) is 16.7 Å². The second-order valence-electron chi connectivity index (χ2n) is 6.74. The minimum Gasteiger partial charge on any atom is -0.497 e. The van der Waals surface area contributed by atoms with Crippen LogP contribution in [0.3, 0.4) is 0 Å². The summed E-state index contributed by atoms with van der Waals surface area (Å²) in [7, 11) is 1.69. The topological polar surface area (TPSA) is 18.5 Å². The van der Waals surface area contributed by atoms with Crippen LogP contribution in [0.25, 0.3) is 21.9 Å². The van der Waals surface area contributed by atoms with Crippen molar-refractivity contribution in [2.45, 2.75) is 13.3 Å². The first kappa shape index (κ1) is 18.3. The van der Waals surface area contributed by atoms with E-state index in [9.17, 15) is 0 Å². The second-order valence-corrected chi connectivity index (χ2v) is 7.52. The van der Waals surface area contributed by atoms with Crippen molar-refractivity contribution >= 4 is 22.1 Å². The Hall–Kier alpha value is -3.04. The van der Waals surface area contributed by atoms with Crippen LogP contribution >= 0.6 is 11.3 Å². The maximum atomic E-state index is 6.47. The van der Waals surface area contributed by atoms with Crippen LogP contribution in [0.15, 0.2) is 78.0 Å². The summed E-state index contributed by atoms with van der Waals surface area (Å²) in [5.74, 6) is 2.55. The van der Waals surface area contributed by atoms with Gasteiger partial charge in [0.25, 0.3) is 0 Å². The van der Waals surface area contributed by atoms with Gasteiger partial charge in [0, 0.05) is 10.9 Å². The molecule has 28 heavy (non-hydrogen) atoms. The van der Waals surface area contributed by atoms with E-state index in [4.69, 9.17) is 9.47 Å². The zero-order valence-corrected chi connectivity index (χ0v) is 16.9. The second kappa shape index (κ2) is 7.91. The van der Waals surface area contributed by atoms with Gasteiger partial charge in [0.2, 0.25) is 0 Å². The van der Waals surface area contributed by atoms with E-state index in [0.29, 0.717) is 0 Å². The van der Waals surface area contributed by atoms with Crippen LogP contribution in [0.4, 0.5) is 0 Å². The Labute approximate surface area is 169 Å². The molecule has 140 valence electrons. The maximum absolute atomic E-state index is 6.47. The van der Waals surface area contributed by atoms with Crippen molar-refractivity contribution in [3.05, 3.63) is 89.1 Å². The molecule has 2 nitrogen and oxygen atoms in total. The minimum atomic E-state index is 0.826. The van der Waals surface area contributed by atoms with Crippen LogP contribution < -0.4 is 9.47 Å². The number of thiophene rings is 1. The number of hydrogen-bond acceptors (Lipinski definition) is 3. The van der Waals surface area contributed by atoms with Crippen molar-refractivity contribution < 1.29 is 9.47 Å². The molecule has 0 spiro atoms. The van der Waals surface area contributed by atoms with Gasteiger partial charge in [-0.1, -0.05) is 24.3 Å². The molecule has 0 unspecified atom stereocenters. The quantitative estimate of drug-likeness (QED) is 0.321. The number of benzene rings is 3. The summed E-state index contributed by atoms with van der Waals surface area (Å²) in [5.41, 5.74) is 4.71. The van der Waals surface area contributed by atoms with Crippen LogP contribution in [0.2, 0.25) is 0 Å². The first-order valence-corrected chi connectivity index (χ1v) is 10.2. The van der Waals surface area contributed by atoms with E-state index >= 15 is 0 Å². The molecule has 0 fully saturated rings. The molecule has 0 atom stereocenters. The molecule has 3 heteroatoms. The van der Waals surface area contributed by atoms with Crippen molar-refractivity contribution in [2.24, 2.45) is 0 Å². The minimum absolute atomic E-state index is 0.826. The van der Waals surface area contributed by atoms with Gasteiger partial charge in [-0.15, -0.1) is 6.58 Å². The molecule has 0 radical (unpaired) electrons. The number of aryl methyl sites for hydroxylation is 1. The molecule has 0 aliphatic rings. The van der Waals surface area contributed by atoms with Gasteiger partial charge < -0.3 is 9.47 Å². The molecule has 0 saturated carbocycles. The fourth-order valence-corrected chi connectivity index (χ4v) is 4.11. The normalized spacial score (nSPS) is 10.8. The average molecular weight is 387 g/mol. The summed E-state index contributed by atoms with van der Waals surface area (Å²) in [4.78, 5) is 0. The van der Waals surface area contributed by atoms with E-state index in [0.717, 1.165) is 40.0 Å². The standard InChI is InChI=1S/C25H22O2S/c1-4-5-18-6-8-21(9-7-18)27-25-23-11-10-22(26-3)15-20(23)14-17(2)24(25)19-12-13-28-16-19/h4,6-16H,1,5H2,2-3H3. The lowest BCUT2D eigenvalue weighted by atomic mass is 9.96. The summed E-state index contributed by atoms with van der Waals surface area (Å²) in [6.07, 6.45) is 2.76. The summed E-state index contributed by atoms with van der Waals surface area (Å²) < 4.78 is 11.9. The fraction of sp³-hybridized carbons (Fsp3) is 0.120. The molecular weight excluding hydrogens is 364 g/mol. The van der Waals surface area contributed by atoms with Crippen molar-refractivity contribution in [3.63, 3.8) is 0 Å². The Kier molecular flexibility index (Phi) is 5.18. The van der Waals surface area contributed by atoms with E-state index in [1.807, 2.05) is 24.3 Å². The number of hydrogen-bond donors (Lipinski definition) is 0. The molecule has 0 aliphatic heterocycles. The van der Waals surface area contributed by atoms with Gasteiger partial charge in [0.05, 0.1) is 7.11 Å². The fourth-order valence-electron chi connectivity index (χ4n) is 3.46. The molecule has 4 rings (SSSR count). The van der Waals surface area contributed by atoms with Gasteiger partial charge in [-0.2, -0.15) is 11.3 Å². The molecule has 0 N–H and O–H groups in total. The van der Waals surface area contributed by atoms with E-state index in [2.05, 4.69) is 60.7 Å². The van der Waals surface area contributed by atoms with Gasteiger partial charge in [-0.25, -0.2) is 0 Å². The molecule has 4 aromatic rings. The molecule has 3 aromatic carbocycles. The maximum Gasteiger partial charge on any atom is 0.143 e. The summed E-state index contributed by atoms with van der Waals surface area (Å²) in [6, 6.07) is 18.7. The number of ether oxygens (including phenoxy) is 2. The molecule has 0 bridgehead atoms. The van der Waals surface area contributed by atoms with Gasteiger partial charge in [-0.05, 0) is 82.6 Å². The lowest BCUT2D eigenvalue weighted by Crippen LogP contribution is -1.94. The Morgan fingerprint density at radius 1 is 1.00 bits per heavy atom. The third kappa shape index (κ3) is 3.54. The first-order valence-electron chi connectivity index (χ1n) is 9.21. The van der Waals surface area contributed by atoms with E-state index < -0.39 is 0 Å². The van der Waals surface area contributed by atoms with Crippen LogP contribution in [0, 0.1) is 6.92 Å². The summed E-state index contributed by atoms with van der Waals surface area (Å²) >= 11 is 1.69. The number of rotatable bonds is 6. The monoisotopic (exact) mass is 386 g/mol. The highest BCUT2D eigenvalue weighted by atomic mass is 32.1. The lowest BCUT2D eigenvalue weighted by Gasteiger charge is -2.17. The predicted molar refractivity (Wildman–Crippen MR) is 119 cm³/mol. The third-order valence-corrected chi connectivity index (χ3v) is 5.51. The van der Waals surface area contributed by atoms with Crippen molar-refractivity contribution in [2.75, 3.05) is 7.11 Å². The first-order chi connectivity index (χ1) is 13.7. The summed E-state index contributed by atoms with van der Waals surface area (Å²) in [6.45, 7) is 5.93. The average Bonchev–Trinajstić information content (AvgIpc) is 3.23.